The third kappa shape index (κ3) is 3.85. The minimum absolute atomic E-state index is 0.0643. The summed E-state index contributed by atoms with van der Waals surface area (Å²) in [4.78, 5) is 19.0. The van der Waals surface area contributed by atoms with Gasteiger partial charge in [0, 0.05) is 11.8 Å². The lowest BCUT2D eigenvalue weighted by atomic mass is 10.1. The van der Waals surface area contributed by atoms with Crippen LogP contribution in [0.15, 0.2) is 66.0 Å². The van der Waals surface area contributed by atoms with Crippen LogP contribution in [-0.4, -0.2) is 10.9 Å². The Balaban J connectivity index is 1.82. The number of hydrogen-bond acceptors (Lipinski definition) is 3. The number of carbonyl (C=O) groups is 1. The molecule has 0 aliphatic carbocycles. The van der Waals surface area contributed by atoms with Gasteiger partial charge in [0.1, 0.15) is 0 Å². The van der Waals surface area contributed by atoms with Crippen molar-refractivity contribution in [3.63, 3.8) is 0 Å². The lowest BCUT2D eigenvalue weighted by Gasteiger charge is -2.20. The number of thiazole rings is 1. The summed E-state index contributed by atoms with van der Waals surface area (Å²) in [6, 6.07) is 19.8. The molecule has 0 saturated carbocycles. The number of carbonyl (C=O) groups excluding carboxylic acids is 1. The minimum atomic E-state index is 0.0643. The summed E-state index contributed by atoms with van der Waals surface area (Å²) >= 11 is 1.50. The van der Waals surface area contributed by atoms with Crippen molar-refractivity contribution in [2.24, 2.45) is 0 Å². The highest BCUT2D eigenvalue weighted by molar-refractivity contribution is 7.14. The molecule has 2 aromatic carbocycles. The topological polar surface area (TPSA) is 33.2 Å². The summed E-state index contributed by atoms with van der Waals surface area (Å²) in [5, 5.41) is 2.70. The third-order valence-corrected chi connectivity index (χ3v) is 4.48. The van der Waals surface area contributed by atoms with Gasteiger partial charge in [0.05, 0.1) is 11.4 Å². The minimum Gasteiger partial charge on any atom is -0.274 e. The first kappa shape index (κ1) is 15.4. The normalized spacial score (nSPS) is 10.5. The predicted octanol–water partition coefficient (Wildman–Crippen LogP) is 4.75. The summed E-state index contributed by atoms with van der Waals surface area (Å²) < 4.78 is 0. The Morgan fingerprint density at radius 3 is 2.30 bits per heavy atom. The Morgan fingerprint density at radius 1 is 1.04 bits per heavy atom. The number of aryl methyl sites for hydroxylation is 2. The molecule has 0 bridgehead atoms. The van der Waals surface area contributed by atoms with E-state index in [1.165, 1.54) is 16.9 Å². The van der Waals surface area contributed by atoms with E-state index < -0.39 is 0 Å². The molecule has 1 amide bonds. The molecule has 116 valence electrons. The fraction of sp³-hybridized carbons (Fsp3) is 0.158. The van der Waals surface area contributed by atoms with Crippen molar-refractivity contribution in [3.8, 4) is 0 Å². The molecule has 1 aromatic heterocycles. The van der Waals surface area contributed by atoms with E-state index >= 15 is 0 Å². The van der Waals surface area contributed by atoms with E-state index in [1.807, 2.05) is 73.0 Å². The van der Waals surface area contributed by atoms with Crippen LogP contribution in [-0.2, 0) is 11.2 Å². The lowest BCUT2D eigenvalue weighted by molar-refractivity contribution is -0.117. The van der Waals surface area contributed by atoms with Gasteiger partial charge in [-0.15, -0.1) is 11.3 Å². The van der Waals surface area contributed by atoms with Gasteiger partial charge in [-0.05, 0) is 31.0 Å². The Kier molecular flexibility index (Phi) is 4.83. The van der Waals surface area contributed by atoms with Crippen molar-refractivity contribution >= 4 is 28.1 Å². The summed E-state index contributed by atoms with van der Waals surface area (Å²) in [6.07, 6.45) is 1.19. The van der Waals surface area contributed by atoms with Gasteiger partial charge in [-0.25, -0.2) is 4.98 Å². The molecule has 3 rings (SSSR count). The van der Waals surface area contributed by atoms with Gasteiger partial charge in [0.15, 0.2) is 5.13 Å². The van der Waals surface area contributed by atoms with Gasteiger partial charge in [-0.3, -0.25) is 9.69 Å². The summed E-state index contributed by atoms with van der Waals surface area (Å²) in [7, 11) is 0. The molecule has 3 nitrogen and oxygen atoms in total. The van der Waals surface area contributed by atoms with Gasteiger partial charge in [-0.1, -0.05) is 48.5 Å². The average molecular weight is 322 g/mol. The van der Waals surface area contributed by atoms with Gasteiger partial charge in [0.2, 0.25) is 5.91 Å². The van der Waals surface area contributed by atoms with Crippen LogP contribution in [0.25, 0.3) is 0 Å². The van der Waals surface area contributed by atoms with Crippen LogP contribution >= 0.6 is 11.3 Å². The van der Waals surface area contributed by atoms with E-state index in [9.17, 15) is 4.79 Å². The Bertz CT molecular complexity index is 768. The zero-order chi connectivity index (χ0) is 16.1. The molecule has 4 heteroatoms. The second-order valence-corrected chi connectivity index (χ2v) is 6.16. The monoisotopic (exact) mass is 322 g/mol. The first-order chi connectivity index (χ1) is 11.2. The quantitative estimate of drug-likeness (QED) is 0.679. The molecule has 0 saturated heterocycles. The highest BCUT2D eigenvalue weighted by Crippen LogP contribution is 2.29. The first-order valence-corrected chi connectivity index (χ1v) is 8.46. The largest absolute Gasteiger partial charge is 0.274 e. The van der Waals surface area contributed by atoms with E-state index in [0.29, 0.717) is 6.42 Å². The van der Waals surface area contributed by atoms with Crippen LogP contribution in [0.4, 0.5) is 10.8 Å². The van der Waals surface area contributed by atoms with Crippen molar-refractivity contribution in [2.45, 2.75) is 19.8 Å². The van der Waals surface area contributed by atoms with Crippen molar-refractivity contribution in [2.75, 3.05) is 4.90 Å². The molecule has 0 atom stereocenters. The number of para-hydroxylation sites is 1. The molecule has 0 aliphatic rings. The maximum atomic E-state index is 12.8. The maximum Gasteiger partial charge on any atom is 0.233 e. The lowest BCUT2D eigenvalue weighted by Crippen LogP contribution is -2.26. The summed E-state index contributed by atoms with van der Waals surface area (Å²) in [5.41, 5.74) is 2.96. The van der Waals surface area contributed by atoms with Gasteiger partial charge in [0.25, 0.3) is 0 Å². The van der Waals surface area contributed by atoms with Gasteiger partial charge >= 0.3 is 0 Å². The Labute approximate surface area is 140 Å². The van der Waals surface area contributed by atoms with E-state index in [2.05, 4.69) is 4.98 Å². The van der Waals surface area contributed by atoms with Crippen molar-refractivity contribution in [1.29, 1.82) is 0 Å². The second-order valence-electron chi connectivity index (χ2n) is 5.32. The van der Waals surface area contributed by atoms with Crippen LogP contribution in [0.3, 0.4) is 0 Å². The third-order valence-electron chi connectivity index (χ3n) is 3.53. The van der Waals surface area contributed by atoms with E-state index in [1.54, 1.807) is 4.90 Å². The highest BCUT2D eigenvalue weighted by Gasteiger charge is 2.20. The molecule has 23 heavy (non-hydrogen) atoms. The van der Waals surface area contributed by atoms with E-state index in [4.69, 9.17) is 0 Å². The number of anilines is 2. The zero-order valence-corrected chi connectivity index (χ0v) is 13.8. The fourth-order valence-corrected chi connectivity index (χ4v) is 3.23. The van der Waals surface area contributed by atoms with Crippen LogP contribution in [0.2, 0.25) is 0 Å². The maximum absolute atomic E-state index is 12.8. The van der Waals surface area contributed by atoms with Crippen LogP contribution in [0, 0.1) is 6.92 Å². The molecule has 0 radical (unpaired) electrons. The fourth-order valence-electron chi connectivity index (χ4n) is 2.39. The predicted molar refractivity (Wildman–Crippen MR) is 95.2 cm³/mol. The number of rotatable bonds is 5. The second kappa shape index (κ2) is 7.20. The van der Waals surface area contributed by atoms with Crippen molar-refractivity contribution in [3.05, 3.63) is 77.3 Å². The molecular formula is C19H18N2OS. The number of aromatic nitrogens is 1. The molecule has 3 aromatic rings. The summed E-state index contributed by atoms with van der Waals surface area (Å²) in [5.74, 6) is 0.0643. The van der Waals surface area contributed by atoms with E-state index in [-0.39, 0.29) is 5.91 Å². The number of nitrogens with zero attached hydrogens (tertiary/aromatic N) is 2. The van der Waals surface area contributed by atoms with E-state index in [0.717, 1.165) is 22.9 Å². The zero-order valence-electron chi connectivity index (χ0n) is 13.0. The molecule has 0 fully saturated rings. The average Bonchev–Trinajstić information content (AvgIpc) is 3.01. The SMILES string of the molecule is Cc1csc(N(C(=O)CCc2ccccc2)c2ccccc2)n1. The van der Waals surface area contributed by atoms with Gasteiger partial charge < -0.3 is 0 Å². The molecular weight excluding hydrogens is 304 g/mol. The van der Waals surface area contributed by atoms with Crippen molar-refractivity contribution in [1.82, 2.24) is 4.98 Å². The number of amides is 1. The molecule has 1 heterocycles. The first-order valence-electron chi connectivity index (χ1n) is 7.58. The molecule has 0 N–H and O–H groups in total. The van der Waals surface area contributed by atoms with Crippen molar-refractivity contribution < 1.29 is 4.79 Å². The smallest absolute Gasteiger partial charge is 0.233 e. The molecule has 0 unspecified atom stereocenters. The Morgan fingerprint density at radius 2 is 1.70 bits per heavy atom. The van der Waals surface area contributed by atoms with Crippen LogP contribution in [0.5, 0.6) is 0 Å². The Hall–Kier alpha value is -2.46. The van der Waals surface area contributed by atoms with Crippen LogP contribution < -0.4 is 4.90 Å². The molecule has 0 aliphatic heterocycles. The van der Waals surface area contributed by atoms with Crippen LogP contribution in [0.1, 0.15) is 17.7 Å². The van der Waals surface area contributed by atoms with Gasteiger partial charge in [-0.2, -0.15) is 0 Å². The number of hydrogen-bond donors (Lipinski definition) is 0. The number of benzene rings is 2. The highest BCUT2D eigenvalue weighted by atomic mass is 32.1. The summed E-state index contributed by atoms with van der Waals surface area (Å²) in [6.45, 7) is 1.94. The standard InChI is InChI=1S/C19H18N2OS/c1-15-14-23-19(20-15)21(17-10-6-3-7-11-17)18(22)13-12-16-8-4-2-5-9-16/h2-11,14H,12-13H2,1H3. The molecule has 0 spiro atoms.